The lowest BCUT2D eigenvalue weighted by Crippen LogP contribution is -2.42. The van der Waals surface area contributed by atoms with Crippen LogP contribution in [0.4, 0.5) is 17.6 Å². The van der Waals surface area contributed by atoms with Crippen LogP contribution in [0.15, 0.2) is 71.8 Å². The number of halogens is 5. The smallest absolute Gasteiger partial charge is 0.441 e. The molecule has 0 spiro atoms. The highest BCUT2D eigenvalue weighted by atomic mass is 79.9. The molecule has 2 aliphatic carbocycles. The molecule has 6 aromatic heterocycles. The Labute approximate surface area is 430 Å². The molecule has 3 saturated heterocycles. The predicted octanol–water partition coefficient (Wildman–Crippen LogP) is 9.07. The summed E-state index contributed by atoms with van der Waals surface area (Å²) in [5.74, 6) is 0.0394. The Morgan fingerprint density at radius 2 is 1.09 bits per heavy atom. The van der Waals surface area contributed by atoms with Crippen molar-refractivity contribution >= 4 is 72.5 Å². The van der Waals surface area contributed by atoms with Crippen LogP contribution < -0.4 is 16.6 Å². The summed E-state index contributed by atoms with van der Waals surface area (Å²) in [4.78, 5) is 60.2. The van der Waals surface area contributed by atoms with Crippen LogP contribution in [0.1, 0.15) is 102 Å². The van der Waals surface area contributed by atoms with Crippen LogP contribution in [0.25, 0.3) is 55.3 Å². The van der Waals surface area contributed by atoms with Crippen molar-refractivity contribution in [1.82, 2.24) is 49.7 Å². The molecule has 0 radical (unpaired) electrons. The monoisotopic (exact) mass is 1080 g/mol. The van der Waals surface area contributed by atoms with E-state index >= 15 is 8.78 Å². The Balaban J connectivity index is 0.000000124. The molecule has 5 aliphatic rings. The molecule has 13 rings (SSSR count). The van der Waals surface area contributed by atoms with Gasteiger partial charge in [0, 0.05) is 83.4 Å². The van der Waals surface area contributed by atoms with E-state index in [1.54, 1.807) is 32.0 Å². The van der Waals surface area contributed by atoms with Crippen molar-refractivity contribution < 1.29 is 35.7 Å². The van der Waals surface area contributed by atoms with Gasteiger partial charge in [-0.05, 0) is 111 Å². The zero-order valence-corrected chi connectivity index (χ0v) is 43.3. The van der Waals surface area contributed by atoms with Gasteiger partial charge in [0.25, 0.3) is 11.1 Å². The maximum atomic E-state index is 15.7. The lowest BCUT2D eigenvalue weighted by molar-refractivity contribution is 0.00578. The van der Waals surface area contributed by atoms with Crippen LogP contribution in [0, 0.1) is 25.5 Å². The van der Waals surface area contributed by atoms with Crippen molar-refractivity contribution in [2.75, 3.05) is 26.2 Å². The van der Waals surface area contributed by atoms with Gasteiger partial charge in [-0.15, -0.1) is 0 Å². The number of aromatic amines is 2. The van der Waals surface area contributed by atoms with Gasteiger partial charge < -0.3 is 37.9 Å². The molecule has 3 aliphatic heterocycles. The molecule has 0 unspecified atom stereocenters. The van der Waals surface area contributed by atoms with Crippen molar-refractivity contribution in [2.45, 2.75) is 128 Å². The van der Waals surface area contributed by atoms with Crippen LogP contribution in [-0.2, 0) is 20.6 Å². The molecule has 16 nitrogen and oxygen atoms in total. The van der Waals surface area contributed by atoms with Crippen molar-refractivity contribution in [3.05, 3.63) is 109 Å². The van der Waals surface area contributed by atoms with Gasteiger partial charge in [-0.2, -0.15) is 0 Å². The lowest BCUT2D eigenvalue weighted by Gasteiger charge is -2.35. The predicted molar refractivity (Wildman–Crippen MR) is 273 cm³/mol. The third-order valence-electron chi connectivity index (χ3n) is 15.3. The quantitative estimate of drug-likeness (QED) is 0.0910. The minimum absolute atomic E-state index is 0.0598. The van der Waals surface area contributed by atoms with E-state index in [0.29, 0.717) is 112 Å². The topological polar surface area (TPSA) is 194 Å². The summed E-state index contributed by atoms with van der Waals surface area (Å²) < 4.78 is 82.7. The maximum Gasteiger partial charge on any atom is 0.495 e. The highest BCUT2D eigenvalue weighted by molar-refractivity contribution is 9.10. The Morgan fingerprint density at radius 1 is 0.635 bits per heavy atom. The van der Waals surface area contributed by atoms with Gasteiger partial charge in [0.15, 0.2) is 45.9 Å². The summed E-state index contributed by atoms with van der Waals surface area (Å²) >= 11 is 3.23. The lowest BCUT2D eigenvalue weighted by atomic mass is 9.79. The number of piperidine rings is 2. The van der Waals surface area contributed by atoms with Crippen LogP contribution in [-0.4, -0.2) is 106 Å². The number of nitrogens with zero attached hydrogens (tertiary/aromatic N) is 8. The minimum atomic E-state index is -1.66. The van der Waals surface area contributed by atoms with E-state index in [2.05, 4.69) is 65.6 Å². The number of H-pyrrole nitrogens is 2. The number of nitrogens with one attached hydrogen (secondary N) is 2. The molecule has 0 amide bonds. The molecular weight excluding hydrogens is 1030 g/mol. The number of aryl methyl sites for hydroxylation is 2. The second-order valence-electron chi connectivity index (χ2n) is 21.1. The van der Waals surface area contributed by atoms with E-state index in [0.717, 1.165) is 13.1 Å². The summed E-state index contributed by atoms with van der Waals surface area (Å²) in [6.45, 7) is 13.9. The molecule has 74 heavy (non-hydrogen) atoms. The van der Waals surface area contributed by atoms with Crippen molar-refractivity contribution in [1.29, 1.82) is 0 Å². The Hall–Kier alpha value is -5.94. The first-order valence-corrected chi connectivity index (χ1v) is 25.8. The number of hydrogen-bond donors (Lipinski definition) is 2. The number of oxazole rings is 2. The fraction of sp³-hybridized carbons (Fsp3) is 0.462. The molecule has 2 saturated carbocycles. The molecule has 386 valence electrons. The summed E-state index contributed by atoms with van der Waals surface area (Å²) in [5.41, 5.74) is -1.59. The number of pyridine rings is 2. The zero-order chi connectivity index (χ0) is 52.1. The SMILES string of the molecule is Cc1nc2c(F)cc(-c3cc4c(=O)[nH]c(C5(F)CCN(C6CC6)CC5)nc4cn3)cc2o1.Cc1nc2c(F)cc(B3OC(C)(C)C(C)(C)O3)cc2o1.O=c1[nH]c(C2(F)CCN(C3CC3)CC2)nc2cnc(Br)cc12. The number of benzene rings is 2. The Kier molecular flexibility index (Phi) is 12.7. The number of alkyl halides is 2. The molecule has 2 N–H and O–H groups in total. The molecule has 2 aromatic carbocycles. The van der Waals surface area contributed by atoms with E-state index in [4.69, 9.17) is 18.1 Å². The van der Waals surface area contributed by atoms with E-state index < -0.39 is 46.9 Å². The first-order valence-electron chi connectivity index (χ1n) is 25.0. The fourth-order valence-corrected chi connectivity index (χ4v) is 10.3. The summed E-state index contributed by atoms with van der Waals surface area (Å²) in [7, 11) is -0.607. The molecular formula is C52H54BBrF4N10O6. The summed E-state index contributed by atoms with van der Waals surface area (Å²) in [6.07, 6.45) is 9.12. The van der Waals surface area contributed by atoms with E-state index in [1.165, 1.54) is 56.3 Å². The number of rotatable bonds is 6. The van der Waals surface area contributed by atoms with E-state index in [1.807, 2.05) is 27.7 Å². The van der Waals surface area contributed by atoms with Crippen molar-refractivity contribution in [3.63, 3.8) is 0 Å². The highest BCUT2D eigenvalue weighted by Crippen LogP contribution is 2.41. The molecule has 22 heteroatoms. The standard InChI is InChI=1S/C23H21F2N5O2.C15H16BrFN4O.C14H17BFNO3/c1-12-27-20-16(24)8-13(9-19(20)32-12)17-10-15-18(11-26-17)28-22(29-21(15)31)23(25)4-6-30(7-5-23)14-2-3-14;16-12-7-10-11(8-18-12)19-14(20-13(10)22)15(17)3-5-21(6-4-15)9-1-2-9;1-8-17-12-10(16)6-9(7-11(12)18-8)15-19-13(2,3)14(4,5)20-15/h8-11,14H,2-7H2,1H3,(H,28,29,31);7-9H,1-6H2,(H,19,20,22);6-7H,1-5H3. The molecule has 0 atom stereocenters. The normalized spacial score (nSPS) is 20.4. The Bertz CT molecular complexity index is 3590. The maximum absolute atomic E-state index is 15.7. The van der Waals surface area contributed by atoms with Crippen LogP contribution in [0.5, 0.6) is 0 Å². The van der Waals surface area contributed by atoms with Gasteiger partial charge in [-0.3, -0.25) is 14.6 Å². The first kappa shape index (κ1) is 50.2. The third kappa shape index (κ3) is 9.78. The summed E-state index contributed by atoms with van der Waals surface area (Å²) in [5, 5.41) is 0.691. The van der Waals surface area contributed by atoms with Crippen molar-refractivity contribution in [2.24, 2.45) is 0 Å². The molecule has 8 aromatic rings. The molecule has 5 fully saturated rings. The fourth-order valence-electron chi connectivity index (χ4n) is 9.96. The first-order chi connectivity index (χ1) is 35.1. The van der Waals surface area contributed by atoms with Gasteiger partial charge >= 0.3 is 7.12 Å². The number of likely N-dealkylation sites (tertiary alicyclic amines) is 2. The van der Waals surface area contributed by atoms with Gasteiger partial charge in [-0.25, -0.2) is 42.5 Å². The zero-order valence-electron chi connectivity index (χ0n) is 41.8. The molecule has 0 bridgehead atoms. The second kappa shape index (κ2) is 18.7. The van der Waals surface area contributed by atoms with Crippen molar-refractivity contribution in [3.8, 4) is 11.3 Å². The van der Waals surface area contributed by atoms with Gasteiger partial charge in [0.1, 0.15) is 27.3 Å². The highest BCUT2D eigenvalue weighted by Gasteiger charge is 2.52. The molecule has 9 heterocycles. The number of aromatic nitrogens is 8. The van der Waals surface area contributed by atoms with Gasteiger partial charge in [-0.1, -0.05) is 0 Å². The third-order valence-corrected chi connectivity index (χ3v) is 15.7. The average molecular weight is 1080 g/mol. The van der Waals surface area contributed by atoms with E-state index in [9.17, 15) is 18.4 Å². The number of fused-ring (bicyclic) bond motifs is 4. The van der Waals surface area contributed by atoms with Crippen LogP contribution in [0.2, 0.25) is 0 Å². The van der Waals surface area contributed by atoms with Crippen LogP contribution in [0.3, 0.4) is 0 Å². The average Bonchev–Trinajstić information content (AvgIpc) is 4.29. The van der Waals surface area contributed by atoms with E-state index in [-0.39, 0.29) is 33.6 Å². The Morgan fingerprint density at radius 3 is 1.59 bits per heavy atom. The van der Waals surface area contributed by atoms with Gasteiger partial charge in [0.2, 0.25) is 0 Å². The van der Waals surface area contributed by atoms with Crippen LogP contribution >= 0.6 is 15.9 Å². The number of hydrogen-bond acceptors (Lipinski definition) is 14. The van der Waals surface area contributed by atoms with Gasteiger partial charge in [0.05, 0.1) is 51.1 Å². The summed E-state index contributed by atoms with van der Waals surface area (Å²) in [6, 6.07) is 10.4. The second-order valence-corrected chi connectivity index (χ2v) is 21.9. The minimum Gasteiger partial charge on any atom is -0.441 e. The largest absolute Gasteiger partial charge is 0.495 e.